The standard InChI is InChI=1S/C14H18N4O3/c1-3-17-10-6-4-5-7-11(10)18(14(17)21)9-13(20)16-8-12(19)15-2/h4-7H,3,8-9H2,1-2H3,(H,15,19)(H,16,20). The molecule has 0 saturated carbocycles. The molecule has 7 nitrogen and oxygen atoms in total. The SMILES string of the molecule is CCn1c(=O)n(CC(=O)NCC(=O)NC)c2ccccc21. The van der Waals surface area contributed by atoms with Crippen LogP contribution < -0.4 is 16.3 Å². The Hall–Kier alpha value is -2.57. The van der Waals surface area contributed by atoms with Crippen LogP contribution in [0.25, 0.3) is 11.0 Å². The second kappa shape index (κ2) is 6.25. The van der Waals surface area contributed by atoms with Crippen LogP contribution in [0.2, 0.25) is 0 Å². The topological polar surface area (TPSA) is 85.1 Å². The molecule has 0 aliphatic rings. The quantitative estimate of drug-likeness (QED) is 0.792. The summed E-state index contributed by atoms with van der Waals surface area (Å²) in [5.74, 6) is -0.661. The minimum Gasteiger partial charge on any atom is -0.358 e. The van der Waals surface area contributed by atoms with Gasteiger partial charge in [-0.25, -0.2) is 4.79 Å². The van der Waals surface area contributed by atoms with E-state index in [0.29, 0.717) is 12.1 Å². The van der Waals surface area contributed by atoms with Crippen LogP contribution in [-0.4, -0.2) is 34.5 Å². The molecule has 1 aromatic heterocycles. The summed E-state index contributed by atoms with van der Waals surface area (Å²) in [6.07, 6.45) is 0. The Balaban J connectivity index is 2.26. The van der Waals surface area contributed by atoms with Crippen molar-refractivity contribution in [1.82, 2.24) is 19.8 Å². The van der Waals surface area contributed by atoms with Crippen LogP contribution in [0.15, 0.2) is 29.1 Å². The first-order chi connectivity index (χ1) is 10.1. The van der Waals surface area contributed by atoms with Crippen molar-refractivity contribution < 1.29 is 9.59 Å². The molecule has 0 fully saturated rings. The van der Waals surface area contributed by atoms with Gasteiger partial charge in [0.15, 0.2) is 0 Å². The lowest BCUT2D eigenvalue weighted by Gasteiger charge is -2.05. The van der Waals surface area contributed by atoms with Crippen LogP contribution in [0, 0.1) is 0 Å². The zero-order chi connectivity index (χ0) is 15.4. The second-order valence-corrected chi connectivity index (χ2v) is 4.55. The summed E-state index contributed by atoms with van der Waals surface area (Å²) in [6.45, 7) is 2.20. The maximum absolute atomic E-state index is 12.3. The van der Waals surface area contributed by atoms with E-state index in [-0.39, 0.29) is 30.6 Å². The number of benzene rings is 1. The maximum Gasteiger partial charge on any atom is 0.329 e. The molecule has 2 rings (SSSR count). The predicted octanol–water partition coefficient (Wildman–Crippen LogP) is -0.315. The molecule has 0 unspecified atom stereocenters. The molecule has 0 atom stereocenters. The smallest absolute Gasteiger partial charge is 0.329 e. The minimum absolute atomic E-state index is 0.101. The van der Waals surface area contributed by atoms with E-state index in [1.807, 2.05) is 25.1 Å². The van der Waals surface area contributed by atoms with Crippen LogP contribution in [0.1, 0.15) is 6.92 Å². The summed E-state index contributed by atoms with van der Waals surface area (Å²) in [5, 5.41) is 4.89. The molecular weight excluding hydrogens is 272 g/mol. The van der Waals surface area contributed by atoms with E-state index in [2.05, 4.69) is 10.6 Å². The van der Waals surface area contributed by atoms with Gasteiger partial charge in [0.2, 0.25) is 11.8 Å². The highest BCUT2D eigenvalue weighted by Crippen LogP contribution is 2.12. The molecule has 0 bridgehead atoms. The van der Waals surface area contributed by atoms with Crippen molar-refractivity contribution in [1.29, 1.82) is 0 Å². The van der Waals surface area contributed by atoms with Crippen LogP contribution in [0.3, 0.4) is 0 Å². The van der Waals surface area contributed by atoms with E-state index < -0.39 is 0 Å². The predicted molar refractivity (Wildman–Crippen MR) is 78.9 cm³/mol. The van der Waals surface area contributed by atoms with Gasteiger partial charge in [-0.1, -0.05) is 12.1 Å². The Morgan fingerprint density at radius 1 is 1.10 bits per heavy atom. The maximum atomic E-state index is 12.3. The van der Waals surface area contributed by atoms with Crippen molar-refractivity contribution in [3.05, 3.63) is 34.7 Å². The van der Waals surface area contributed by atoms with Gasteiger partial charge in [-0.05, 0) is 19.1 Å². The summed E-state index contributed by atoms with van der Waals surface area (Å²) >= 11 is 0. The molecule has 0 radical (unpaired) electrons. The Kier molecular flexibility index (Phi) is 4.42. The van der Waals surface area contributed by atoms with Gasteiger partial charge in [0.25, 0.3) is 0 Å². The van der Waals surface area contributed by atoms with Gasteiger partial charge < -0.3 is 10.6 Å². The number of aromatic nitrogens is 2. The molecule has 1 aromatic carbocycles. The van der Waals surface area contributed by atoms with Crippen molar-refractivity contribution in [2.24, 2.45) is 0 Å². The average molecular weight is 290 g/mol. The van der Waals surface area contributed by atoms with Gasteiger partial charge in [0.1, 0.15) is 6.54 Å². The van der Waals surface area contributed by atoms with Crippen molar-refractivity contribution in [2.45, 2.75) is 20.0 Å². The number of imidazole rings is 1. The first-order valence-electron chi connectivity index (χ1n) is 6.73. The van der Waals surface area contributed by atoms with Crippen molar-refractivity contribution in [3.8, 4) is 0 Å². The summed E-state index contributed by atoms with van der Waals surface area (Å²) in [5.41, 5.74) is 1.28. The van der Waals surface area contributed by atoms with E-state index in [9.17, 15) is 14.4 Å². The summed E-state index contributed by atoms with van der Waals surface area (Å²) < 4.78 is 3.03. The minimum atomic E-state index is -0.375. The Morgan fingerprint density at radius 2 is 1.71 bits per heavy atom. The fourth-order valence-corrected chi connectivity index (χ4v) is 2.20. The van der Waals surface area contributed by atoms with E-state index >= 15 is 0 Å². The number of aryl methyl sites for hydroxylation is 1. The van der Waals surface area contributed by atoms with Crippen molar-refractivity contribution in [3.63, 3.8) is 0 Å². The number of para-hydroxylation sites is 2. The van der Waals surface area contributed by atoms with Crippen LogP contribution in [0.5, 0.6) is 0 Å². The van der Waals surface area contributed by atoms with Gasteiger partial charge in [-0.3, -0.25) is 18.7 Å². The summed E-state index contributed by atoms with van der Waals surface area (Å²) in [7, 11) is 1.49. The molecular formula is C14H18N4O3. The molecule has 2 aromatic rings. The molecule has 0 aliphatic carbocycles. The number of amides is 2. The third kappa shape index (κ3) is 2.96. The molecule has 0 saturated heterocycles. The van der Waals surface area contributed by atoms with E-state index in [1.54, 1.807) is 10.6 Å². The molecule has 7 heteroatoms. The Labute approximate surface area is 121 Å². The van der Waals surface area contributed by atoms with E-state index in [1.165, 1.54) is 11.6 Å². The third-order valence-electron chi connectivity index (χ3n) is 3.27. The fourth-order valence-electron chi connectivity index (χ4n) is 2.20. The average Bonchev–Trinajstić information content (AvgIpc) is 2.77. The van der Waals surface area contributed by atoms with Gasteiger partial charge in [0, 0.05) is 13.6 Å². The van der Waals surface area contributed by atoms with E-state index in [4.69, 9.17) is 0 Å². The third-order valence-corrected chi connectivity index (χ3v) is 3.27. The van der Waals surface area contributed by atoms with Gasteiger partial charge in [-0.15, -0.1) is 0 Å². The lowest BCUT2D eigenvalue weighted by Crippen LogP contribution is -2.38. The Bertz CT molecular complexity index is 729. The number of carbonyl (C=O) groups is 2. The number of fused-ring (bicyclic) bond motifs is 1. The van der Waals surface area contributed by atoms with E-state index in [0.717, 1.165) is 5.52 Å². The summed E-state index contributed by atoms with van der Waals surface area (Å²) in [6, 6.07) is 7.32. The van der Waals surface area contributed by atoms with Crippen LogP contribution in [-0.2, 0) is 22.7 Å². The largest absolute Gasteiger partial charge is 0.358 e. The van der Waals surface area contributed by atoms with Gasteiger partial charge in [0.05, 0.1) is 17.6 Å². The number of hydrogen-bond acceptors (Lipinski definition) is 3. The monoisotopic (exact) mass is 290 g/mol. The number of nitrogens with zero attached hydrogens (tertiary/aromatic N) is 2. The molecule has 2 N–H and O–H groups in total. The zero-order valence-electron chi connectivity index (χ0n) is 12.0. The molecule has 1 heterocycles. The van der Waals surface area contributed by atoms with Gasteiger partial charge in [-0.2, -0.15) is 0 Å². The fraction of sp³-hybridized carbons (Fsp3) is 0.357. The number of nitrogens with one attached hydrogen (secondary N) is 2. The lowest BCUT2D eigenvalue weighted by atomic mass is 10.3. The molecule has 0 aliphatic heterocycles. The number of carbonyl (C=O) groups excluding carboxylic acids is 2. The highest BCUT2D eigenvalue weighted by atomic mass is 16.2. The summed E-state index contributed by atoms with van der Waals surface area (Å²) in [4.78, 5) is 35.3. The normalized spacial score (nSPS) is 10.6. The lowest BCUT2D eigenvalue weighted by molar-refractivity contribution is -0.126. The molecule has 2 amide bonds. The highest BCUT2D eigenvalue weighted by Gasteiger charge is 2.14. The highest BCUT2D eigenvalue weighted by molar-refractivity contribution is 5.85. The van der Waals surface area contributed by atoms with Gasteiger partial charge >= 0.3 is 5.69 Å². The molecule has 21 heavy (non-hydrogen) atoms. The van der Waals surface area contributed by atoms with Crippen molar-refractivity contribution >= 4 is 22.8 Å². The molecule has 112 valence electrons. The van der Waals surface area contributed by atoms with Crippen molar-refractivity contribution in [2.75, 3.05) is 13.6 Å². The first-order valence-corrected chi connectivity index (χ1v) is 6.73. The zero-order valence-corrected chi connectivity index (χ0v) is 12.0. The van der Waals surface area contributed by atoms with Crippen LogP contribution in [0.4, 0.5) is 0 Å². The molecule has 0 spiro atoms. The number of likely N-dealkylation sites (N-methyl/N-ethyl adjacent to an activating group) is 1. The van der Waals surface area contributed by atoms with Crippen LogP contribution >= 0.6 is 0 Å². The number of hydrogen-bond donors (Lipinski definition) is 2. The second-order valence-electron chi connectivity index (χ2n) is 4.55. The number of rotatable bonds is 5. The first kappa shape index (κ1) is 14.8. The Morgan fingerprint density at radius 3 is 2.29 bits per heavy atom.